The number of nitrogens with zero attached hydrogens (tertiary/aromatic N) is 2. The second kappa shape index (κ2) is 7.98. The number of amides is 2. The molecule has 28 heavy (non-hydrogen) atoms. The molecule has 0 bridgehead atoms. The predicted octanol–water partition coefficient (Wildman–Crippen LogP) is 2.89. The summed E-state index contributed by atoms with van der Waals surface area (Å²) in [6.45, 7) is 6.88. The van der Waals surface area contributed by atoms with Gasteiger partial charge in [-0.15, -0.1) is 0 Å². The van der Waals surface area contributed by atoms with E-state index in [0.717, 1.165) is 38.0 Å². The lowest BCUT2D eigenvalue weighted by atomic mass is 10.0. The van der Waals surface area contributed by atoms with Gasteiger partial charge in [0.05, 0.1) is 0 Å². The highest BCUT2D eigenvalue weighted by Gasteiger charge is 2.32. The molecule has 0 spiro atoms. The first-order chi connectivity index (χ1) is 13.6. The molecule has 2 aromatic rings. The van der Waals surface area contributed by atoms with E-state index in [2.05, 4.69) is 41.1 Å². The summed E-state index contributed by atoms with van der Waals surface area (Å²) in [5.74, 6) is -0.266. The van der Waals surface area contributed by atoms with E-state index in [4.69, 9.17) is 0 Å². The number of hydrogen-bond donors (Lipinski definition) is 1. The summed E-state index contributed by atoms with van der Waals surface area (Å²) < 4.78 is 0. The van der Waals surface area contributed by atoms with Crippen molar-refractivity contribution in [1.82, 2.24) is 15.1 Å². The van der Waals surface area contributed by atoms with E-state index in [1.165, 1.54) is 10.5 Å². The quantitative estimate of drug-likeness (QED) is 0.874. The van der Waals surface area contributed by atoms with Crippen molar-refractivity contribution in [1.29, 1.82) is 0 Å². The third-order valence-corrected chi connectivity index (χ3v) is 5.54. The van der Waals surface area contributed by atoms with Crippen molar-refractivity contribution in [2.24, 2.45) is 0 Å². The lowest BCUT2D eigenvalue weighted by Gasteiger charge is -2.32. The average Bonchev–Trinajstić information content (AvgIpc) is 2.95. The predicted molar refractivity (Wildman–Crippen MR) is 109 cm³/mol. The molecule has 2 aliphatic rings. The molecule has 0 aromatic heterocycles. The number of rotatable bonds is 5. The van der Waals surface area contributed by atoms with E-state index in [1.54, 1.807) is 6.07 Å². The van der Waals surface area contributed by atoms with Crippen LogP contribution in [-0.2, 0) is 11.3 Å². The van der Waals surface area contributed by atoms with Gasteiger partial charge in [-0.05, 0) is 24.5 Å². The smallest absolute Gasteiger partial charge is 0.259 e. The fraction of sp³-hybridized carbons (Fsp3) is 0.304. The number of likely N-dealkylation sites (tertiary alicyclic amines) is 1. The summed E-state index contributed by atoms with van der Waals surface area (Å²) in [4.78, 5) is 28.9. The Morgan fingerprint density at radius 2 is 1.64 bits per heavy atom. The lowest BCUT2D eigenvalue weighted by molar-refractivity contribution is -0.122. The molecule has 1 N–H and O–H groups in total. The van der Waals surface area contributed by atoms with Crippen molar-refractivity contribution in [3.05, 3.63) is 77.9 Å². The first kappa shape index (κ1) is 18.4. The maximum Gasteiger partial charge on any atom is 0.259 e. The van der Waals surface area contributed by atoms with Gasteiger partial charge in [0.2, 0.25) is 5.91 Å². The zero-order valence-corrected chi connectivity index (χ0v) is 15.9. The molecule has 2 amide bonds. The highest BCUT2D eigenvalue weighted by molar-refractivity contribution is 6.10. The molecule has 4 rings (SSSR count). The van der Waals surface area contributed by atoms with Crippen molar-refractivity contribution in [2.75, 3.05) is 19.6 Å². The Labute approximate surface area is 165 Å². The fourth-order valence-electron chi connectivity index (χ4n) is 4.00. The maximum atomic E-state index is 12.5. The molecule has 144 valence electrons. The molecule has 1 fully saturated rings. The minimum Gasteiger partial charge on any atom is -0.352 e. The zero-order chi connectivity index (χ0) is 19.5. The van der Waals surface area contributed by atoms with E-state index in [0.29, 0.717) is 11.3 Å². The fourth-order valence-corrected chi connectivity index (χ4v) is 4.00. The van der Waals surface area contributed by atoms with Crippen LogP contribution >= 0.6 is 0 Å². The molecular formula is C23H25N3O2. The molecule has 0 unspecified atom stereocenters. The van der Waals surface area contributed by atoms with Gasteiger partial charge in [-0.2, -0.15) is 0 Å². The molecule has 0 radical (unpaired) electrons. The van der Waals surface area contributed by atoms with Gasteiger partial charge >= 0.3 is 0 Å². The van der Waals surface area contributed by atoms with Crippen LogP contribution in [0, 0.1) is 0 Å². The summed E-state index contributed by atoms with van der Waals surface area (Å²) >= 11 is 0. The van der Waals surface area contributed by atoms with Crippen molar-refractivity contribution in [3.63, 3.8) is 0 Å². The molecule has 5 heteroatoms. The van der Waals surface area contributed by atoms with Gasteiger partial charge in [-0.1, -0.05) is 55.1 Å². The van der Waals surface area contributed by atoms with Crippen molar-refractivity contribution in [2.45, 2.75) is 25.4 Å². The van der Waals surface area contributed by atoms with Gasteiger partial charge in [0.25, 0.3) is 5.91 Å². The monoisotopic (exact) mass is 375 g/mol. The van der Waals surface area contributed by atoms with Crippen LogP contribution in [0.5, 0.6) is 0 Å². The van der Waals surface area contributed by atoms with E-state index in [-0.39, 0.29) is 24.4 Å². The molecule has 2 aliphatic heterocycles. The Balaban J connectivity index is 1.26. The van der Waals surface area contributed by atoms with Gasteiger partial charge in [0.15, 0.2) is 0 Å². The second-order valence-corrected chi connectivity index (χ2v) is 7.49. The molecule has 2 heterocycles. The van der Waals surface area contributed by atoms with E-state index in [9.17, 15) is 9.59 Å². The number of hydrogen-bond acceptors (Lipinski definition) is 3. The number of carbonyl (C=O) groups excluding carboxylic acids is 2. The highest BCUT2D eigenvalue weighted by atomic mass is 16.2. The van der Waals surface area contributed by atoms with Crippen molar-refractivity contribution < 1.29 is 9.59 Å². The Kier molecular flexibility index (Phi) is 5.26. The number of fused-ring (bicyclic) bond motifs is 1. The molecule has 0 saturated carbocycles. The molecule has 0 atom stereocenters. The number of carbonyl (C=O) groups is 2. The topological polar surface area (TPSA) is 52.7 Å². The Morgan fingerprint density at radius 3 is 2.32 bits per heavy atom. The Morgan fingerprint density at radius 1 is 1.00 bits per heavy atom. The summed E-state index contributed by atoms with van der Waals surface area (Å²) in [5.41, 5.74) is 3.35. The van der Waals surface area contributed by atoms with Crippen molar-refractivity contribution in [3.8, 4) is 0 Å². The minimum atomic E-state index is -0.145. The first-order valence-corrected chi connectivity index (χ1v) is 9.77. The summed E-state index contributed by atoms with van der Waals surface area (Å²) in [6, 6.07) is 18.0. The van der Waals surface area contributed by atoms with Crippen LogP contribution in [0.25, 0.3) is 5.70 Å². The van der Waals surface area contributed by atoms with Crippen molar-refractivity contribution >= 4 is 17.5 Å². The largest absolute Gasteiger partial charge is 0.352 e. The van der Waals surface area contributed by atoms with E-state index >= 15 is 0 Å². The maximum absolute atomic E-state index is 12.5. The standard InChI is InChI=1S/C23H25N3O2/c1-17-20-9-5-6-10-21(20)23(28)26(17)16-22(27)24-19-11-13-25(14-12-19)15-18-7-3-2-4-8-18/h2-10,19H,1,11-16H2,(H,24,27). The number of piperidine rings is 1. The summed E-state index contributed by atoms with van der Waals surface area (Å²) in [7, 11) is 0. The Hall–Kier alpha value is -2.92. The molecule has 0 aliphatic carbocycles. The third-order valence-electron chi connectivity index (χ3n) is 5.54. The average molecular weight is 375 g/mol. The van der Waals surface area contributed by atoms with Gasteiger partial charge in [-0.3, -0.25) is 19.4 Å². The third kappa shape index (κ3) is 3.85. The van der Waals surface area contributed by atoms with E-state index < -0.39 is 0 Å². The number of benzene rings is 2. The normalized spacial score (nSPS) is 17.6. The van der Waals surface area contributed by atoms with E-state index in [1.807, 2.05) is 24.3 Å². The van der Waals surface area contributed by atoms with Crippen LogP contribution in [0.3, 0.4) is 0 Å². The Bertz CT molecular complexity index is 851. The highest BCUT2D eigenvalue weighted by Crippen LogP contribution is 2.30. The number of nitrogens with one attached hydrogen (secondary N) is 1. The SMILES string of the molecule is C=C1c2ccccc2C(=O)N1CC(=O)NC1CCN(Cc2ccccc2)CC1. The molecular weight excluding hydrogens is 350 g/mol. The lowest BCUT2D eigenvalue weighted by Crippen LogP contribution is -2.47. The van der Waals surface area contributed by atoms with Crippen LogP contribution in [0.4, 0.5) is 0 Å². The minimum absolute atomic E-state index is 0.0244. The van der Waals surface area contributed by atoms with Crippen LogP contribution in [0.15, 0.2) is 61.2 Å². The van der Waals surface area contributed by atoms with Gasteiger partial charge in [0, 0.05) is 42.5 Å². The molecule has 1 saturated heterocycles. The van der Waals surface area contributed by atoms with Crippen LogP contribution < -0.4 is 5.32 Å². The summed E-state index contributed by atoms with van der Waals surface area (Å²) in [5, 5.41) is 3.10. The van der Waals surface area contributed by atoms with Gasteiger partial charge in [0.1, 0.15) is 6.54 Å². The van der Waals surface area contributed by atoms with Gasteiger partial charge < -0.3 is 5.32 Å². The summed E-state index contributed by atoms with van der Waals surface area (Å²) in [6.07, 6.45) is 1.85. The first-order valence-electron chi connectivity index (χ1n) is 9.77. The zero-order valence-electron chi connectivity index (χ0n) is 15.9. The van der Waals surface area contributed by atoms with Gasteiger partial charge in [-0.25, -0.2) is 0 Å². The molecule has 2 aromatic carbocycles. The second-order valence-electron chi connectivity index (χ2n) is 7.49. The molecule has 5 nitrogen and oxygen atoms in total. The van der Waals surface area contributed by atoms with Crippen LogP contribution in [0.1, 0.15) is 34.3 Å². The van der Waals surface area contributed by atoms with Crippen LogP contribution in [-0.4, -0.2) is 47.3 Å². The van der Waals surface area contributed by atoms with Crippen LogP contribution in [0.2, 0.25) is 0 Å².